The van der Waals surface area contributed by atoms with Crippen LogP contribution in [-0.4, -0.2) is 42.0 Å². The van der Waals surface area contributed by atoms with E-state index in [2.05, 4.69) is 22.0 Å². The third kappa shape index (κ3) is 3.19. The van der Waals surface area contributed by atoms with Crippen LogP contribution in [0.5, 0.6) is 0 Å². The standard InChI is InChI=1S/C17H19N3O2/c21-16-8-7-14(13-18-16)17(22)20-10-4-9-19(11-12-20)15-5-2-1-3-6-15/h1-3,5-8,13H,4,9-12H2,(H,18,21). The molecular weight excluding hydrogens is 278 g/mol. The zero-order valence-corrected chi connectivity index (χ0v) is 12.4. The van der Waals surface area contributed by atoms with Crippen LogP contribution in [0.2, 0.25) is 0 Å². The third-order valence-electron chi connectivity index (χ3n) is 3.94. The molecule has 114 valence electrons. The number of benzene rings is 1. The van der Waals surface area contributed by atoms with E-state index in [0.29, 0.717) is 12.1 Å². The average Bonchev–Trinajstić information content (AvgIpc) is 2.82. The van der Waals surface area contributed by atoms with Crippen molar-refractivity contribution in [3.05, 3.63) is 64.6 Å². The van der Waals surface area contributed by atoms with E-state index in [4.69, 9.17) is 0 Å². The number of anilines is 1. The first-order chi connectivity index (χ1) is 10.7. The van der Waals surface area contributed by atoms with Crippen molar-refractivity contribution >= 4 is 11.6 Å². The van der Waals surface area contributed by atoms with Crippen LogP contribution in [-0.2, 0) is 0 Å². The Hall–Kier alpha value is -2.56. The van der Waals surface area contributed by atoms with Crippen molar-refractivity contribution in [2.24, 2.45) is 0 Å². The molecule has 3 rings (SSSR count). The fourth-order valence-corrected chi connectivity index (χ4v) is 2.74. The van der Waals surface area contributed by atoms with E-state index in [9.17, 15) is 9.59 Å². The summed E-state index contributed by atoms with van der Waals surface area (Å²) in [6.07, 6.45) is 2.43. The summed E-state index contributed by atoms with van der Waals surface area (Å²) in [5.41, 5.74) is 1.54. The number of aromatic amines is 1. The molecule has 22 heavy (non-hydrogen) atoms. The highest BCUT2D eigenvalue weighted by atomic mass is 16.2. The Morgan fingerprint density at radius 3 is 2.50 bits per heavy atom. The number of pyridine rings is 1. The number of rotatable bonds is 2. The first-order valence-electron chi connectivity index (χ1n) is 7.52. The molecule has 1 saturated heterocycles. The molecule has 0 unspecified atom stereocenters. The highest BCUT2D eigenvalue weighted by molar-refractivity contribution is 5.93. The molecule has 0 radical (unpaired) electrons. The van der Waals surface area contributed by atoms with Crippen molar-refractivity contribution in [1.82, 2.24) is 9.88 Å². The maximum Gasteiger partial charge on any atom is 0.255 e. The Bertz CT molecular complexity index is 676. The van der Waals surface area contributed by atoms with Gasteiger partial charge in [-0.2, -0.15) is 0 Å². The number of carbonyl (C=O) groups excluding carboxylic acids is 1. The van der Waals surface area contributed by atoms with Gasteiger partial charge in [0, 0.05) is 44.1 Å². The van der Waals surface area contributed by atoms with Gasteiger partial charge < -0.3 is 14.8 Å². The Balaban J connectivity index is 1.68. The number of para-hydroxylation sites is 1. The van der Waals surface area contributed by atoms with Crippen LogP contribution in [0, 0.1) is 0 Å². The number of nitrogens with one attached hydrogen (secondary N) is 1. The van der Waals surface area contributed by atoms with Gasteiger partial charge in [0.05, 0.1) is 5.56 Å². The number of aromatic nitrogens is 1. The predicted octanol–water partition coefficient (Wildman–Crippen LogP) is 1.73. The van der Waals surface area contributed by atoms with E-state index in [1.807, 2.05) is 23.1 Å². The third-order valence-corrected chi connectivity index (χ3v) is 3.94. The number of hydrogen-bond acceptors (Lipinski definition) is 3. The van der Waals surface area contributed by atoms with E-state index in [0.717, 1.165) is 26.1 Å². The molecule has 0 spiro atoms. The van der Waals surface area contributed by atoms with Crippen LogP contribution in [0.25, 0.3) is 0 Å². The molecule has 5 nitrogen and oxygen atoms in total. The van der Waals surface area contributed by atoms with Gasteiger partial charge in [-0.3, -0.25) is 9.59 Å². The molecule has 1 aromatic heterocycles. The van der Waals surface area contributed by atoms with E-state index in [1.165, 1.54) is 18.0 Å². The molecule has 0 atom stereocenters. The highest BCUT2D eigenvalue weighted by Gasteiger charge is 2.20. The summed E-state index contributed by atoms with van der Waals surface area (Å²) in [7, 11) is 0. The molecular formula is C17H19N3O2. The van der Waals surface area contributed by atoms with Crippen molar-refractivity contribution in [3.8, 4) is 0 Å². The molecule has 2 aromatic rings. The largest absolute Gasteiger partial charge is 0.370 e. The van der Waals surface area contributed by atoms with Crippen LogP contribution in [0.4, 0.5) is 5.69 Å². The molecule has 1 aromatic carbocycles. The fourth-order valence-electron chi connectivity index (χ4n) is 2.74. The Labute approximate surface area is 129 Å². The van der Waals surface area contributed by atoms with Crippen LogP contribution < -0.4 is 10.5 Å². The summed E-state index contributed by atoms with van der Waals surface area (Å²) in [5.74, 6) is -0.0221. The number of carbonyl (C=O) groups is 1. The minimum atomic E-state index is -0.192. The maximum absolute atomic E-state index is 12.5. The lowest BCUT2D eigenvalue weighted by Crippen LogP contribution is -2.35. The summed E-state index contributed by atoms with van der Waals surface area (Å²) in [4.78, 5) is 30.3. The molecule has 1 N–H and O–H groups in total. The fraction of sp³-hybridized carbons (Fsp3) is 0.294. The summed E-state index contributed by atoms with van der Waals surface area (Å²) >= 11 is 0. The average molecular weight is 297 g/mol. The molecule has 0 saturated carbocycles. The number of H-pyrrole nitrogens is 1. The topological polar surface area (TPSA) is 56.4 Å². The minimum absolute atomic E-state index is 0.0221. The summed E-state index contributed by atoms with van der Waals surface area (Å²) in [6.45, 7) is 3.19. The highest BCUT2D eigenvalue weighted by Crippen LogP contribution is 2.16. The van der Waals surface area contributed by atoms with Gasteiger partial charge in [-0.25, -0.2) is 0 Å². The SMILES string of the molecule is O=C(c1ccc(=O)[nH]c1)N1CCCN(c2ccccc2)CC1. The second kappa shape index (κ2) is 6.47. The van der Waals surface area contributed by atoms with Crippen molar-refractivity contribution in [2.45, 2.75) is 6.42 Å². The molecule has 0 bridgehead atoms. The maximum atomic E-state index is 12.5. The first kappa shape index (κ1) is 14.4. The van der Waals surface area contributed by atoms with Gasteiger partial charge in [0.1, 0.15) is 0 Å². The van der Waals surface area contributed by atoms with Gasteiger partial charge in [-0.15, -0.1) is 0 Å². The van der Waals surface area contributed by atoms with Crippen molar-refractivity contribution in [3.63, 3.8) is 0 Å². The van der Waals surface area contributed by atoms with E-state index < -0.39 is 0 Å². The van der Waals surface area contributed by atoms with Crippen molar-refractivity contribution in [1.29, 1.82) is 0 Å². The van der Waals surface area contributed by atoms with E-state index in [-0.39, 0.29) is 11.5 Å². The van der Waals surface area contributed by atoms with Gasteiger partial charge in [-0.05, 0) is 24.6 Å². The van der Waals surface area contributed by atoms with Crippen molar-refractivity contribution < 1.29 is 4.79 Å². The Morgan fingerprint density at radius 2 is 1.77 bits per heavy atom. The van der Waals surface area contributed by atoms with E-state index >= 15 is 0 Å². The molecule has 2 heterocycles. The molecule has 1 amide bonds. The molecule has 1 aliphatic heterocycles. The minimum Gasteiger partial charge on any atom is -0.370 e. The molecule has 1 aliphatic rings. The normalized spacial score (nSPS) is 15.5. The molecule has 1 fully saturated rings. The zero-order chi connectivity index (χ0) is 15.4. The Morgan fingerprint density at radius 1 is 0.955 bits per heavy atom. The van der Waals surface area contributed by atoms with Crippen LogP contribution >= 0.6 is 0 Å². The smallest absolute Gasteiger partial charge is 0.255 e. The number of amides is 1. The quantitative estimate of drug-likeness (QED) is 0.918. The van der Waals surface area contributed by atoms with Gasteiger partial charge in [0.15, 0.2) is 0 Å². The monoisotopic (exact) mass is 297 g/mol. The van der Waals surface area contributed by atoms with Crippen LogP contribution in [0.1, 0.15) is 16.8 Å². The van der Waals surface area contributed by atoms with Gasteiger partial charge in [0.25, 0.3) is 5.91 Å². The summed E-state index contributed by atoms with van der Waals surface area (Å²) < 4.78 is 0. The molecule has 5 heteroatoms. The first-order valence-corrected chi connectivity index (χ1v) is 7.52. The van der Waals surface area contributed by atoms with Gasteiger partial charge in [0.2, 0.25) is 5.56 Å². The number of nitrogens with zero attached hydrogens (tertiary/aromatic N) is 2. The van der Waals surface area contributed by atoms with Gasteiger partial charge in [-0.1, -0.05) is 18.2 Å². The van der Waals surface area contributed by atoms with Crippen LogP contribution in [0.15, 0.2) is 53.5 Å². The lowest BCUT2D eigenvalue weighted by molar-refractivity contribution is 0.0766. The van der Waals surface area contributed by atoms with E-state index in [1.54, 1.807) is 6.07 Å². The summed E-state index contributed by atoms with van der Waals surface area (Å²) in [6, 6.07) is 13.2. The lowest BCUT2D eigenvalue weighted by Gasteiger charge is -2.23. The second-order valence-electron chi connectivity index (χ2n) is 5.41. The van der Waals surface area contributed by atoms with Gasteiger partial charge >= 0.3 is 0 Å². The number of hydrogen-bond donors (Lipinski definition) is 1. The van der Waals surface area contributed by atoms with Crippen LogP contribution in [0.3, 0.4) is 0 Å². The Kier molecular flexibility index (Phi) is 4.23. The van der Waals surface area contributed by atoms with Crippen molar-refractivity contribution in [2.75, 3.05) is 31.1 Å². The zero-order valence-electron chi connectivity index (χ0n) is 12.4. The second-order valence-corrected chi connectivity index (χ2v) is 5.41. The predicted molar refractivity (Wildman–Crippen MR) is 86.2 cm³/mol. The lowest BCUT2D eigenvalue weighted by atomic mass is 10.2. The summed E-state index contributed by atoms with van der Waals surface area (Å²) in [5, 5.41) is 0. The molecule has 0 aliphatic carbocycles.